The highest BCUT2D eigenvalue weighted by molar-refractivity contribution is 7.92. The molecule has 2 amide bonds. The van der Waals surface area contributed by atoms with Gasteiger partial charge in [-0.05, 0) is 67.5 Å². The minimum absolute atomic E-state index is 0.222. The number of rotatable bonds is 5. The van der Waals surface area contributed by atoms with Crippen molar-refractivity contribution in [1.29, 1.82) is 0 Å². The van der Waals surface area contributed by atoms with Gasteiger partial charge in [0.1, 0.15) is 16.1 Å². The predicted molar refractivity (Wildman–Crippen MR) is 149 cm³/mol. The van der Waals surface area contributed by atoms with E-state index in [0.717, 1.165) is 36.1 Å². The van der Waals surface area contributed by atoms with Crippen LogP contribution < -0.4 is 5.32 Å². The fourth-order valence-electron chi connectivity index (χ4n) is 7.19. The number of carbonyl (C=O) groups excluding carboxylic acids is 2. The van der Waals surface area contributed by atoms with Gasteiger partial charge in [-0.3, -0.25) is 9.59 Å². The lowest BCUT2D eigenvalue weighted by Crippen LogP contribution is -2.64. The Kier molecular flexibility index (Phi) is 8.30. The minimum atomic E-state index is -6.42. The number of benzene rings is 2. The van der Waals surface area contributed by atoms with E-state index in [4.69, 9.17) is 0 Å². The van der Waals surface area contributed by atoms with Gasteiger partial charge in [0.15, 0.2) is 19.7 Å². The van der Waals surface area contributed by atoms with Crippen molar-refractivity contribution in [3.8, 4) is 0 Å². The second-order valence-electron chi connectivity index (χ2n) is 12.1. The van der Waals surface area contributed by atoms with Gasteiger partial charge in [-0.15, -0.1) is 0 Å². The van der Waals surface area contributed by atoms with Crippen molar-refractivity contribution in [2.45, 2.75) is 78.3 Å². The summed E-state index contributed by atoms with van der Waals surface area (Å²) in [6.07, 6.45) is -14.6. The van der Waals surface area contributed by atoms with Gasteiger partial charge in [-0.25, -0.2) is 25.6 Å². The van der Waals surface area contributed by atoms with Crippen LogP contribution in [0.5, 0.6) is 0 Å². The molecule has 1 aliphatic carbocycles. The molecular weight excluding hydrogens is 688 g/mol. The number of alkyl halides is 7. The van der Waals surface area contributed by atoms with Crippen LogP contribution in [0.1, 0.15) is 49.3 Å². The number of halogens is 8. The van der Waals surface area contributed by atoms with Crippen molar-refractivity contribution in [3.05, 3.63) is 65.0 Å². The highest BCUT2D eigenvalue weighted by Gasteiger charge is 2.74. The number of nitrogens with one attached hydrogen (secondary N) is 1. The van der Waals surface area contributed by atoms with Crippen LogP contribution in [0, 0.1) is 5.82 Å². The monoisotopic (exact) mass is 716 g/mol. The second-order valence-corrected chi connectivity index (χ2v) is 16.6. The minimum Gasteiger partial charge on any atom is -0.342 e. The molecule has 3 aliphatic rings. The molecule has 2 atom stereocenters. The van der Waals surface area contributed by atoms with E-state index in [-0.39, 0.29) is 49.4 Å². The summed E-state index contributed by atoms with van der Waals surface area (Å²) in [5.74, 6) is -3.22. The Hall–Kier alpha value is -3.28. The maximum Gasteiger partial charge on any atom is 0.435 e. The smallest absolute Gasteiger partial charge is 0.342 e. The summed E-state index contributed by atoms with van der Waals surface area (Å²) in [4.78, 5) is 27.1. The maximum absolute atomic E-state index is 15.0. The summed E-state index contributed by atoms with van der Waals surface area (Å²) in [5, 5.41) is 2.53. The summed E-state index contributed by atoms with van der Waals surface area (Å²) < 4.78 is 162. The number of sulfone groups is 2. The van der Waals surface area contributed by atoms with Crippen molar-refractivity contribution in [1.82, 2.24) is 10.2 Å². The molecule has 0 unspecified atom stereocenters. The third kappa shape index (κ3) is 5.38. The van der Waals surface area contributed by atoms with E-state index in [0.29, 0.717) is 12.1 Å². The Morgan fingerprint density at radius 2 is 1.49 bits per heavy atom. The first kappa shape index (κ1) is 35.0. The third-order valence-electron chi connectivity index (χ3n) is 9.43. The molecule has 0 radical (unpaired) electrons. The first-order valence-corrected chi connectivity index (χ1v) is 17.6. The highest BCUT2D eigenvalue weighted by Crippen LogP contribution is 2.57. The van der Waals surface area contributed by atoms with Crippen molar-refractivity contribution in [3.63, 3.8) is 0 Å². The molecule has 18 heteroatoms. The third-order valence-corrected chi connectivity index (χ3v) is 13.6. The van der Waals surface area contributed by atoms with Gasteiger partial charge in [0, 0.05) is 19.0 Å². The Bertz CT molecular complexity index is 1800. The number of nitrogens with zero attached hydrogens (tertiary/aromatic N) is 1. The number of likely N-dealkylation sites (tertiary alicyclic amines) is 1. The van der Waals surface area contributed by atoms with Gasteiger partial charge in [0.05, 0.1) is 22.4 Å². The fraction of sp³-hybridized carbons (Fsp3) is 0.517. The Morgan fingerprint density at radius 1 is 0.915 bits per heavy atom. The van der Waals surface area contributed by atoms with Crippen molar-refractivity contribution in [2.75, 3.05) is 18.1 Å². The molecule has 47 heavy (non-hydrogen) atoms. The molecule has 0 saturated carbocycles. The molecule has 2 heterocycles. The number of hydrogen-bond acceptors (Lipinski definition) is 6. The van der Waals surface area contributed by atoms with Crippen molar-refractivity contribution < 1.29 is 61.5 Å². The van der Waals surface area contributed by atoms with Gasteiger partial charge in [0.2, 0.25) is 11.8 Å². The molecule has 2 fully saturated rings. The lowest BCUT2D eigenvalue weighted by Gasteiger charge is -2.46. The Balaban J connectivity index is 1.69. The average Bonchev–Trinajstić information content (AvgIpc) is 3.38. The second kappa shape index (κ2) is 11.1. The number of amides is 2. The van der Waals surface area contributed by atoms with Gasteiger partial charge in [0.25, 0.3) is 0 Å². The first-order valence-electron chi connectivity index (χ1n) is 14.3. The summed E-state index contributed by atoms with van der Waals surface area (Å²) in [5.41, 5.74) is -9.91. The number of fused-ring (bicyclic) bond motifs is 3. The van der Waals surface area contributed by atoms with Crippen LogP contribution in [0.3, 0.4) is 0 Å². The average molecular weight is 717 g/mol. The van der Waals surface area contributed by atoms with Crippen LogP contribution in [0.15, 0.2) is 47.4 Å². The zero-order valence-corrected chi connectivity index (χ0v) is 26.1. The van der Waals surface area contributed by atoms with Crippen molar-refractivity contribution in [2.24, 2.45) is 0 Å². The van der Waals surface area contributed by atoms with Gasteiger partial charge < -0.3 is 10.2 Å². The number of aryl methyl sites for hydroxylation is 1. The topological polar surface area (TPSA) is 118 Å². The summed E-state index contributed by atoms with van der Waals surface area (Å²) in [6, 6.07) is 3.46. The molecule has 0 aromatic heterocycles. The molecule has 0 bridgehead atoms. The number of hydrogen-bond donors (Lipinski definition) is 1. The van der Waals surface area contributed by atoms with Crippen molar-refractivity contribution >= 4 is 31.5 Å². The Labute approximate surface area is 264 Å². The molecule has 8 nitrogen and oxygen atoms in total. The molecule has 2 saturated heterocycles. The lowest BCUT2D eigenvalue weighted by atomic mass is 9.76. The largest absolute Gasteiger partial charge is 0.435 e. The first-order chi connectivity index (χ1) is 21.5. The van der Waals surface area contributed by atoms with E-state index in [2.05, 4.69) is 5.32 Å². The van der Waals surface area contributed by atoms with Crippen LogP contribution in [-0.4, -0.2) is 75.5 Å². The lowest BCUT2D eigenvalue weighted by molar-refractivity contribution is -0.348. The molecule has 0 spiro atoms. The molecule has 2 aromatic carbocycles. The molecular formula is C29H28F8N2O6S2. The van der Waals surface area contributed by atoms with Crippen LogP contribution in [0.2, 0.25) is 0 Å². The van der Waals surface area contributed by atoms with Gasteiger partial charge in [-0.1, -0.05) is 18.2 Å². The number of carbonyl (C=O) groups is 2. The standard InChI is InChI=1S/C29H28F8N2O6S2/c1-17(40)38-25(11-14-46(42,43)15-12-25)24(41)39-13-10-26(47(44,45)21-6-4-20(30)5-7-21)22-8-3-19(16-18(22)2-9-23(26)39)27(31,28(32,33)34)29(35,36)37/h3-8,16,23H,2,9-15H2,1H3,(H,38,40)/t23-,26-/m0/s1. The van der Waals surface area contributed by atoms with Gasteiger partial charge >= 0.3 is 18.0 Å². The maximum atomic E-state index is 15.0. The van der Waals surface area contributed by atoms with Crippen LogP contribution in [0.25, 0.3) is 0 Å². The van der Waals surface area contributed by atoms with Crippen LogP contribution in [-0.2, 0) is 46.1 Å². The van der Waals surface area contributed by atoms with E-state index in [1.165, 1.54) is 0 Å². The highest BCUT2D eigenvalue weighted by atomic mass is 32.2. The predicted octanol–water partition coefficient (Wildman–Crippen LogP) is 4.41. The van der Waals surface area contributed by atoms with E-state index >= 15 is 4.39 Å². The molecule has 2 aliphatic heterocycles. The van der Waals surface area contributed by atoms with Gasteiger partial charge in [-0.2, -0.15) is 26.3 Å². The Morgan fingerprint density at radius 3 is 2.02 bits per heavy atom. The zero-order valence-electron chi connectivity index (χ0n) is 24.5. The zero-order chi connectivity index (χ0) is 35.0. The molecule has 2 aromatic rings. The summed E-state index contributed by atoms with van der Waals surface area (Å²) in [7, 11) is -8.30. The molecule has 258 valence electrons. The van der Waals surface area contributed by atoms with E-state index in [9.17, 15) is 57.2 Å². The van der Waals surface area contributed by atoms with Crippen LogP contribution >= 0.6 is 0 Å². The van der Waals surface area contributed by atoms with E-state index in [1.807, 2.05) is 0 Å². The summed E-state index contributed by atoms with van der Waals surface area (Å²) in [6.45, 7) is 0.782. The van der Waals surface area contributed by atoms with E-state index in [1.54, 1.807) is 0 Å². The normalized spacial score (nSPS) is 24.3. The molecule has 1 N–H and O–H groups in total. The van der Waals surface area contributed by atoms with Crippen LogP contribution in [0.4, 0.5) is 35.1 Å². The molecule has 5 rings (SSSR count). The van der Waals surface area contributed by atoms with E-state index < -0.39 is 100 Å². The SMILES string of the molecule is CC(=O)NC1(C(=O)N2CC[C@]3(S(=O)(=O)c4ccc(F)cc4)c4ccc(C(F)(C(F)(F)F)C(F)(F)F)cc4CC[C@H]23)CCS(=O)(=O)CC1. The summed E-state index contributed by atoms with van der Waals surface area (Å²) >= 11 is 0. The quantitative estimate of drug-likeness (QED) is 0.362. The fourth-order valence-corrected chi connectivity index (χ4v) is 11.1.